The second kappa shape index (κ2) is 4.04. The summed E-state index contributed by atoms with van der Waals surface area (Å²) in [5.74, 6) is -0.919. The summed E-state index contributed by atoms with van der Waals surface area (Å²) >= 11 is 7.44. The molecule has 0 saturated carbocycles. The third kappa shape index (κ3) is 2.03. The summed E-state index contributed by atoms with van der Waals surface area (Å²) < 4.78 is 0.720. The van der Waals surface area contributed by atoms with E-state index in [1.807, 2.05) is 11.4 Å². The maximum absolute atomic E-state index is 10.6. The highest BCUT2D eigenvalue weighted by molar-refractivity contribution is 7.15. The molecule has 0 atom stereocenters. The smallest absolute Gasteiger partial charge is 0.335 e. The Morgan fingerprint density at radius 2 is 1.87 bits per heavy atom. The van der Waals surface area contributed by atoms with E-state index in [2.05, 4.69) is 0 Å². The molecule has 0 amide bonds. The lowest BCUT2D eigenvalue weighted by Crippen LogP contribution is -1.94. The Morgan fingerprint density at radius 1 is 1.20 bits per heavy atom. The zero-order valence-electron chi connectivity index (χ0n) is 7.61. The Labute approximate surface area is 95.8 Å². The Kier molecular flexibility index (Phi) is 2.75. The van der Waals surface area contributed by atoms with Crippen molar-refractivity contribution in [3.8, 4) is 11.1 Å². The van der Waals surface area contributed by atoms with Gasteiger partial charge in [0.15, 0.2) is 0 Å². The number of benzene rings is 1. The van der Waals surface area contributed by atoms with Gasteiger partial charge in [-0.05, 0) is 29.1 Å². The van der Waals surface area contributed by atoms with Gasteiger partial charge in [-0.25, -0.2) is 4.79 Å². The molecule has 0 spiro atoms. The average Bonchev–Trinajstić information content (AvgIpc) is 2.65. The highest BCUT2D eigenvalue weighted by atomic mass is 35.5. The number of halogens is 1. The molecule has 4 heteroatoms. The van der Waals surface area contributed by atoms with Crippen molar-refractivity contribution in [3.63, 3.8) is 0 Å². The van der Waals surface area contributed by atoms with E-state index in [1.54, 1.807) is 24.3 Å². The van der Waals surface area contributed by atoms with Gasteiger partial charge in [0.25, 0.3) is 0 Å². The number of aromatic carboxylic acids is 1. The first-order valence-electron chi connectivity index (χ1n) is 4.25. The normalized spacial score (nSPS) is 10.2. The van der Waals surface area contributed by atoms with Gasteiger partial charge < -0.3 is 5.11 Å². The number of thiophene rings is 1. The molecule has 1 aromatic heterocycles. The van der Waals surface area contributed by atoms with Gasteiger partial charge in [0.1, 0.15) is 4.34 Å². The fourth-order valence-electron chi connectivity index (χ4n) is 1.29. The molecule has 1 aromatic carbocycles. The number of carbonyl (C=O) groups is 1. The number of rotatable bonds is 2. The van der Waals surface area contributed by atoms with Crippen molar-refractivity contribution in [1.82, 2.24) is 0 Å². The first-order valence-corrected chi connectivity index (χ1v) is 5.51. The molecule has 2 nitrogen and oxygen atoms in total. The fraction of sp³-hybridized carbons (Fsp3) is 0. The second-order valence-electron chi connectivity index (χ2n) is 2.99. The summed E-state index contributed by atoms with van der Waals surface area (Å²) in [5.41, 5.74) is 2.16. The lowest BCUT2D eigenvalue weighted by molar-refractivity contribution is 0.0697. The molecule has 2 aromatic rings. The van der Waals surface area contributed by atoms with E-state index >= 15 is 0 Å². The SMILES string of the molecule is O=C(O)c1ccc(-c2ccsc2Cl)cc1. The molecule has 0 aliphatic heterocycles. The zero-order valence-corrected chi connectivity index (χ0v) is 9.18. The Hall–Kier alpha value is -1.32. The molecule has 15 heavy (non-hydrogen) atoms. The minimum Gasteiger partial charge on any atom is -0.478 e. The van der Waals surface area contributed by atoms with Crippen molar-refractivity contribution in [2.24, 2.45) is 0 Å². The van der Waals surface area contributed by atoms with Crippen LogP contribution in [-0.2, 0) is 0 Å². The van der Waals surface area contributed by atoms with Gasteiger partial charge in [0.2, 0.25) is 0 Å². The van der Waals surface area contributed by atoms with E-state index < -0.39 is 5.97 Å². The Bertz CT molecular complexity index is 488. The number of hydrogen-bond donors (Lipinski definition) is 1. The maximum atomic E-state index is 10.6. The summed E-state index contributed by atoms with van der Waals surface area (Å²) in [6.07, 6.45) is 0. The summed E-state index contributed by atoms with van der Waals surface area (Å²) in [4.78, 5) is 10.6. The molecule has 0 bridgehead atoms. The molecule has 76 valence electrons. The molecule has 0 unspecified atom stereocenters. The fourth-order valence-corrected chi connectivity index (χ4v) is 2.26. The van der Waals surface area contributed by atoms with E-state index in [1.165, 1.54) is 11.3 Å². The van der Waals surface area contributed by atoms with Gasteiger partial charge in [-0.3, -0.25) is 0 Å². The number of carboxylic acid groups (broad SMARTS) is 1. The van der Waals surface area contributed by atoms with Crippen LogP contribution in [0.15, 0.2) is 35.7 Å². The van der Waals surface area contributed by atoms with E-state index in [-0.39, 0.29) is 5.56 Å². The quantitative estimate of drug-likeness (QED) is 0.865. The van der Waals surface area contributed by atoms with Gasteiger partial charge in [0.05, 0.1) is 5.56 Å². The van der Waals surface area contributed by atoms with Crippen LogP contribution in [0.2, 0.25) is 4.34 Å². The van der Waals surface area contributed by atoms with Crippen molar-refractivity contribution in [1.29, 1.82) is 0 Å². The van der Waals surface area contributed by atoms with Crippen LogP contribution in [0.25, 0.3) is 11.1 Å². The summed E-state index contributed by atoms with van der Waals surface area (Å²) in [6.45, 7) is 0. The first kappa shape index (κ1) is 10.2. The molecule has 0 saturated heterocycles. The highest BCUT2D eigenvalue weighted by Crippen LogP contribution is 2.32. The van der Waals surface area contributed by atoms with Crippen LogP contribution in [0.5, 0.6) is 0 Å². The largest absolute Gasteiger partial charge is 0.478 e. The highest BCUT2D eigenvalue weighted by Gasteiger charge is 2.06. The molecule has 2 rings (SSSR count). The maximum Gasteiger partial charge on any atom is 0.335 e. The van der Waals surface area contributed by atoms with Crippen molar-refractivity contribution < 1.29 is 9.90 Å². The van der Waals surface area contributed by atoms with E-state index in [4.69, 9.17) is 16.7 Å². The summed E-state index contributed by atoms with van der Waals surface area (Å²) in [5, 5.41) is 10.6. The van der Waals surface area contributed by atoms with E-state index in [9.17, 15) is 4.79 Å². The second-order valence-corrected chi connectivity index (χ2v) is 4.51. The van der Waals surface area contributed by atoms with Crippen molar-refractivity contribution in [3.05, 3.63) is 45.6 Å². The predicted molar refractivity (Wildman–Crippen MR) is 61.7 cm³/mol. The van der Waals surface area contributed by atoms with Crippen LogP contribution < -0.4 is 0 Å². The van der Waals surface area contributed by atoms with Crippen molar-refractivity contribution in [2.75, 3.05) is 0 Å². The predicted octanol–water partition coefficient (Wildman–Crippen LogP) is 3.77. The topological polar surface area (TPSA) is 37.3 Å². The van der Waals surface area contributed by atoms with Gasteiger partial charge in [0, 0.05) is 5.56 Å². The van der Waals surface area contributed by atoms with Crippen LogP contribution in [0.3, 0.4) is 0 Å². The van der Waals surface area contributed by atoms with Crippen LogP contribution in [0, 0.1) is 0 Å². The van der Waals surface area contributed by atoms with Gasteiger partial charge in [-0.15, -0.1) is 11.3 Å². The number of hydrogen-bond acceptors (Lipinski definition) is 2. The molecule has 1 N–H and O–H groups in total. The minimum atomic E-state index is -0.919. The number of carboxylic acids is 1. The molecule has 0 aliphatic rings. The summed E-state index contributed by atoms with van der Waals surface area (Å²) in [7, 11) is 0. The van der Waals surface area contributed by atoms with Crippen LogP contribution >= 0.6 is 22.9 Å². The molecular formula is C11H7ClO2S. The zero-order chi connectivity index (χ0) is 10.8. The van der Waals surface area contributed by atoms with Crippen molar-refractivity contribution >= 4 is 28.9 Å². The molecule has 0 radical (unpaired) electrons. The van der Waals surface area contributed by atoms with E-state index in [0.29, 0.717) is 0 Å². The Morgan fingerprint density at radius 3 is 2.33 bits per heavy atom. The van der Waals surface area contributed by atoms with Crippen molar-refractivity contribution in [2.45, 2.75) is 0 Å². The van der Waals surface area contributed by atoms with Crippen LogP contribution in [0.1, 0.15) is 10.4 Å². The Balaban J connectivity index is 2.40. The third-order valence-corrected chi connectivity index (χ3v) is 3.23. The standard InChI is InChI=1S/C11H7ClO2S/c12-10-9(5-6-15-10)7-1-3-8(4-2-7)11(13)14/h1-6H,(H,13,14). The minimum absolute atomic E-state index is 0.283. The molecule has 0 fully saturated rings. The molecule has 1 heterocycles. The van der Waals surface area contributed by atoms with E-state index in [0.717, 1.165) is 15.5 Å². The summed E-state index contributed by atoms with van der Waals surface area (Å²) in [6, 6.07) is 8.59. The van der Waals surface area contributed by atoms with Crippen LogP contribution in [-0.4, -0.2) is 11.1 Å². The molecule has 0 aliphatic carbocycles. The van der Waals surface area contributed by atoms with Crippen LogP contribution in [0.4, 0.5) is 0 Å². The lowest BCUT2D eigenvalue weighted by Gasteiger charge is -1.99. The first-order chi connectivity index (χ1) is 7.18. The average molecular weight is 239 g/mol. The van der Waals surface area contributed by atoms with Gasteiger partial charge in [-0.2, -0.15) is 0 Å². The third-order valence-electron chi connectivity index (χ3n) is 2.06. The lowest BCUT2D eigenvalue weighted by atomic mass is 10.1. The monoisotopic (exact) mass is 238 g/mol. The van der Waals surface area contributed by atoms with Gasteiger partial charge in [-0.1, -0.05) is 23.7 Å². The molecular weight excluding hydrogens is 232 g/mol. The van der Waals surface area contributed by atoms with Gasteiger partial charge >= 0.3 is 5.97 Å².